The number of fused-ring (bicyclic) bond motifs is 1. The number of alkyl halides is 1. The van der Waals surface area contributed by atoms with Crippen LogP contribution in [0.1, 0.15) is 15.9 Å². The molecule has 1 amide bonds. The van der Waals surface area contributed by atoms with Gasteiger partial charge in [-0.1, -0.05) is 22.6 Å². The third-order valence-electron chi connectivity index (χ3n) is 4.99. The van der Waals surface area contributed by atoms with E-state index in [1.54, 1.807) is 29.4 Å². The maximum atomic E-state index is 13.4. The summed E-state index contributed by atoms with van der Waals surface area (Å²) in [6, 6.07) is 7.07. The van der Waals surface area contributed by atoms with Gasteiger partial charge in [-0.2, -0.15) is 4.98 Å². The first-order chi connectivity index (χ1) is 15.7. The van der Waals surface area contributed by atoms with Crippen molar-refractivity contribution in [3.63, 3.8) is 0 Å². The van der Waals surface area contributed by atoms with E-state index in [1.165, 1.54) is 28.6 Å². The molecule has 4 rings (SSSR count). The van der Waals surface area contributed by atoms with Crippen molar-refractivity contribution in [1.82, 2.24) is 14.5 Å². The number of nitrogens with two attached hydrogens (primary N) is 1. The number of benzene rings is 1. The van der Waals surface area contributed by atoms with Gasteiger partial charge >= 0.3 is 0 Å². The maximum absolute atomic E-state index is 13.4. The molecule has 3 heterocycles. The van der Waals surface area contributed by atoms with Crippen molar-refractivity contribution in [1.29, 1.82) is 0 Å². The summed E-state index contributed by atoms with van der Waals surface area (Å²) in [4.78, 5) is 20.7. The Bertz CT molecular complexity index is 1420. The summed E-state index contributed by atoms with van der Waals surface area (Å²) in [5.74, 6) is -0.826. The predicted molar refractivity (Wildman–Crippen MR) is 130 cm³/mol. The quantitative estimate of drug-likeness (QED) is 0.251. The summed E-state index contributed by atoms with van der Waals surface area (Å²) in [5.41, 5.74) is 6.83. The van der Waals surface area contributed by atoms with Crippen LogP contribution in [0.3, 0.4) is 0 Å². The molecule has 3 aromatic heterocycles. The van der Waals surface area contributed by atoms with E-state index in [-0.39, 0.29) is 29.4 Å². The van der Waals surface area contributed by atoms with Crippen molar-refractivity contribution in [2.24, 2.45) is 5.73 Å². The molecule has 0 aliphatic carbocycles. The third kappa shape index (κ3) is 4.71. The van der Waals surface area contributed by atoms with Gasteiger partial charge in [-0.15, -0.1) is 0 Å². The Kier molecular flexibility index (Phi) is 6.38. The molecule has 2 N–H and O–H groups in total. The van der Waals surface area contributed by atoms with Gasteiger partial charge in [0.1, 0.15) is 17.4 Å². The van der Waals surface area contributed by atoms with Crippen LogP contribution in [0.25, 0.3) is 22.4 Å². The van der Waals surface area contributed by atoms with Gasteiger partial charge < -0.3 is 14.7 Å². The number of sulfonamides is 1. The number of aromatic nitrogens is 3. The third-order valence-corrected chi connectivity index (χ3v) is 6.97. The molecule has 0 aliphatic heterocycles. The van der Waals surface area contributed by atoms with Gasteiger partial charge in [0, 0.05) is 34.5 Å². The number of anilines is 1. The van der Waals surface area contributed by atoms with E-state index < -0.39 is 21.7 Å². The van der Waals surface area contributed by atoms with E-state index in [4.69, 9.17) is 10.2 Å². The zero-order chi connectivity index (χ0) is 23.8. The lowest BCUT2D eigenvalue weighted by Crippen LogP contribution is -2.34. The summed E-state index contributed by atoms with van der Waals surface area (Å²) in [6.45, 7) is 0.477. The number of halogens is 2. The van der Waals surface area contributed by atoms with Gasteiger partial charge in [-0.05, 0) is 30.3 Å². The molecule has 9 nitrogen and oxygen atoms in total. The molecule has 0 saturated heterocycles. The number of primary amides is 1. The standard InChI is InChI=1S/C21H19FIN5O4S/c1-33(30,31)28(9-8-27-7-6-25-12-27)20-14(11-23)10-16-17(19(24)29)18(32-21(16)26-20)13-2-4-15(22)5-3-13/h2-7,10,12H,8-9,11H2,1H3,(H2,24,29). The number of imidazole rings is 1. The molecular formula is C21H19FIN5O4S. The molecule has 0 bridgehead atoms. The summed E-state index contributed by atoms with van der Waals surface area (Å²) in [6.07, 6.45) is 6.04. The molecule has 0 radical (unpaired) electrons. The van der Waals surface area contributed by atoms with E-state index in [1.807, 2.05) is 0 Å². The fraction of sp³-hybridized carbons (Fsp3) is 0.190. The molecule has 33 heavy (non-hydrogen) atoms. The highest BCUT2D eigenvalue weighted by Gasteiger charge is 2.27. The molecule has 0 fully saturated rings. The number of amides is 1. The van der Waals surface area contributed by atoms with Crippen LogP contribution in [0.15, 0.2) is 53.5 Å². The number of carbonyl (C=O) groups is 1. The Morgan fingerprint density at radius 2 is 2.03 bits per heavy atom. The second-order valence-electron chi connectivity index (χ2n) is 7.27. The molecule has 0 aliphatic rings. The number of rotatable bonds is 8. The minimum atomic E-state index is -3.69. The zero-order valence-corrected chi connectivity index (χ0v) is 20.4. The van der Waals surface area contributed by atoms with Crippen LogP contribution in [-0.2, 0) is 21.0 Å². The van der Waals surface area contributed by atoms with E-state index in [0.717, 1.165) is 6.26 Å². The van der Waals surface area contributed by atoms with Crippen LogP contribution >= 0.6 is 22.6 Å². The van der Waals surface area contributed by atoms with Crippen LogP contribution in [0.4, 0.5) is 10.2 Å². The molecule has 4 aromatic rings. The minimum Gasteiger partial charge on any atom is -0.437 e. The smallest absolute Gasteiger partial charge is 0.253 e. The number of hydrogen-bond acceptors (Lipinski definition) is 6. The first-order valence-electron chi connectivity index (χ1n) is 9.70. The van der Waals surface area contributed by atoms with E-state index in [9.17, 15) is 17.6 Å². The fourth-order valence-corrected chi connectivity index (χ4v) is 4.92. The van der Waals surface area contributed by atoms with Crippen molar-refractivity contribution in [2.75, 3.05) is 17.1 Å². The lowest BCUT2D eigenvalue weighted by Gasteiger charge is -2.23. The highest BCUT2D eigenvalue weighted by molar-refractivity contribution is 14.1. The minimum absolute atomic E-state index is 0.0583. The predicted octanol–water partition coefficient (Wildman–Crippen LogP) is 3.33. The second kappa shape index (κ2) is 9.09. The second-order valence-corrected chi connectivity index (χ2v) is 9.94. The van der Waals surface area contributed by atoms with E-state index in [0.29, 0.717) is 27.5 Å². The average Bonchev–Trinajstić information content (AvgIpc) is 3.40. The summed E-state index contributed by atoms with van der Waals surface area (Å²) in [7, 11) is -3.69. The summed E-state index contributed by atoms with van der Waals surface area (Å²) in [5, 5.41) is 0.361. The first kappa shape index (κ1) is 23.2. The molecule has 0 spiro atoms. The summed E-state index contributed by atoms with van der Waals surface area (Å²) >= 11 is 2.10. The molecule has 0 saturated carbocycles. The van der Waals surface area contributed by atoms with Gasteiger partial charge in [0.15, 0.2) is 0 Å². The fourth-order valence-electron chi connectivity index (χ4n) is 3.47. The highest BCUT2D eigenvalue weighted by atomic mass is 127. The Hall–Kier alpha value is -3.00. The van der Waals surface area contributed by atoms with Gasteiger partial charge in [-0.25, -0.2) is 17.8 Å². The number of carbonyl (C=O) groups excluding carboxylic acids is 1. The Labute approximate surface area is 202 Å². The van der Waals surface area contributed by atoms with Crippen molar-refractivity contribution in [3.05, 3.63) is 66.0 Å². The Morgan fingerprint density at radius 3 is 2.61 bits per heavy atom. The summed E-state index contributed by atoms with van der Waals surface area (Å²) < 4.78 is 47.9. The molecule has 1 aromatic carbocycles. The van der Waals surface area contributed by atoms with Gasteiger partial charge in [0.25, 0.3) is 5.91 Å². The number of pyridine rings is 1. The number of furan rings is 1. The lowest BCUT2D eigenvalue weighted by atomic mass is 10.0. The van der Waals surface area contributed by atoms with Crippen LogP contribution in [-0.4, -0.2) is 41.7 Å². The van der Waals surface area contributed by atoms with Gasteiger partial charge in [0.2, 0.25) is 15.7 Å². The maximum Gasteiger partial charge on any atom is 0.253 e. The van der Waals surface area contributed by atoms with Crippen LogP contribution in [0, 0.1) is 5.82 Å². The molecule has 172 valence electrons. The Morgan fingerprint density at radius 1 is 1.30 bits per heavy atom. The van der Waals surface area contributed by atoms with Crippen molar-refractivity contribution < 1.29 is 22.0 Å². The van der Waals surface area contributed by atoms with E-state index >= 15 is 0 Å². The van der Waals surface area contributed by atoms with Gasteiger partial charge in [0.05, 0.1) is 30.1 Å². The van der Waals surface area contributed by atoms with Crippen molar-refractivity contribution in [3.8, 4) is 11.3 Å². The Balaban J connectivity index is 1.88. The number of hydrogen-bond donors (Lipinski definition) is 1. The lowest BCUT2D eigenvalue weighted by molar-refractivity contribution is 0.100. The molecule has 0 atom stereocenters. The zero-order valence-electron chi connectivity index (χ0n) is 17.4. The topological polar surface area (TPSA) is 124 Å². The monoisotopic (exact) mass is 583 g/mol. The van der Waals surface area contributed by atoms with Gasteiger partial charge in [-0.3, -0.25) is 9.10 Å². The van der Waals surface area contributed by atoms with Crippen LogP contribution < -0.4 is 10.0 Å². The number of nitrogens with zero attached hydrogens (tertiary/aromatic N) is 4. The average molecular weight is 583 g/mol. The van der Waals surface area contributed by atoms with Crippen LogP contribution in [0.2, 0.25) is 0 Å². The molecular weight excluding hydrogens is 564 g/mol. The normalized spacial score (nSPS) is 11.7. The van der Waals surface area contributed by atoms with E-state index in [2.05, 4.69) is 32.6 Å². The van der Waals surface area contributed by atoms with Crippen LogP contribution in [0.5, 0.6) is 0 Å². The van der Waals surface area contributed by atoms with Crippen molar-refractivity contribution in [2.45, 2.75) is 11.0 Å². The molecule has 0 unspecified atom stereocenters. The highest BCUT2D eigenvalue weighted by Crippen LogP contribution is 2.36. The SMILES string of the molecule is CS(=O)(=O)N(CCn1ccnc1)c1nc2oc(-c3ccc(F)cc3)c(C(N)=O)c2cc1CI. The largest absolute Gasteiger partial charge is 0.437 e. The van der Waals surface area contributed by atoms with Crippen molar-refractivity contribution >= 4 is 55.4 Å². The molecule has 12 heteroatoms. The first-order valence-corrected chi connectivity index (χ1v) is 13.1.